The maximum atomic E-state index is 12.9. The minimum atomic E-state index is -0.416. The standard InChI is InChI=1S/C12H10FNO2/c1-2-16-12(15)9-5-8-3-4-10(13)6-11(8)14-7-9/h3-7H,2H2,1H3. The van der Waals surface area contributed by atoms with E-state index in [0.29, 0.717) is 23.1 Å². The summed E-state index contributed by atoms with van der Waals surface area (Å²) in [6, 6.07) is 5.88. The number of aromatic nitrogens is 1. The van der Waals surface area contributed by atoms with Crippen LogP contribution in [-0.4, -0.2) is 17.6 Å². The average molecular weight is 219 g/mol. The second-order valence-corrected chi connectivity index (χ2v) is 3.28. The van der Waals surface area contributed by atoms with Crippen molar-refractivity contribution in [3.05, 3.63) is 41.8 Å². The summed E-state index contributed by atoms with van der Waals surface area (Å²) in [5.74, 6) is -0.759. The van der Waals surface area contributed by atoms with Gasteiger partial charge >= 0.3 is 5.97 Å². The first kappa shape index (κ1) is 10.5. The Labute approximate surface area is 91.9 Å². The van der Waals surface area contributed by atoms with Crippen LogP contribution in [0.4, 0.5) is 4.39 Å². The minimum absolute atomic E-state index is 0.320. The van der Waals surface area contributed by atoms with E-state index in [4.69, 9.17) is 4.74 Å². The van der Waals surface area contributed by atoms with Gasteiger partial charge in [-0.15, -0.1) is 0 Å². The number of hydrogen-bond donors (Lipinski definition) is 0. The van der Waals surface area contributed by atoms with Gasteiger partial charge in [0.15, 0.2) is 0 Å². The SMILES string of the molecule is CCOC(=O)c1cnc2cc(F)ccc2c1. The molecule has 1 heterocycles. The lowest BCUT2D eigenvalue weighted by molar-refractivity contribution is 0.0526. The molecule has 2 aromatic rings. The normalized spacial score (nSPS) is 10.4. The van der Waals surface area contributed by atoms with E-state index in [2.05, 4.69) is 4.98 Å². The molecule has 0 aliphatic heterocycles. The van der Waals surface area contributed by atoms with Crippen LogP contribution in [-0.2, 0) is 4.74 Å². The molecule has 0 radical (unpaired) electrons. The van der Waals surface area contributed by atoms with E-state index in [1.165, 1.54) is 18.3 Å². The van der Waals surface area contributed by atoms with Crippen LogP contribution in [0, 0.1) is 5.82 Å². The van der Waals surface area contributed by atoms with Crippen LogP contribution in [0.3, 0.4) is 0 Å². The van der Waals surface area contributed by atoms with Gasteiger partial charge < -0.3 is 4.74 Å². The first-order valence-corrected chi connectivity index (χ1v) is 4.93. The number of pyridine rings is 1. The molecule has 4 heteroatoms. The van der Waals surface area contributed by atoms with Crippen LogP contribution in [0.25, 0.3) is 10.9 Å². The Morgan fingerprint density at radius 3 is 3.00 bits per heavy atom. The Hall–Kier alpha value is -1.97. The summed E-state index contributed by atoms with van der Waals surface area (Å²) in [5, 5.41) is 0.715. The fourth-order valence-electron chi connectivity index (χ4n) is 1.42. The number of nitrogens with zero attached hydrogens (tertiary/aromatic N) is 1. The first-order chi connectivity index (χ1) is 7.70. The Bertz CT molecular complexity index is 540. The van der Waals surface area contributed by atoms with E-state index >= 15 is 0 Å². The van der Waals surface area contributed by atoms with Crippen LogP contribution in [0.15, 0.2) is 30.5 Å². The van der Waals surface area contributed by atoms with Crippen molar-refractivity contribution in [2.75, 3.05) is 6.61 Å². The summed E-state index contributed by atoms with van der Waals surface area (Å²) in [6.45, 7) is 2.06. The van der Waals surface area contributed by atoms with Crippen LogP contribution in [0.1, 0.15) is 17.3 Å². The average Bonchev–Trinajstić information content (AvgIpc) is 2.28. The van der Waals surface area contributed by atoms with Crippen molar-refractivity contribution in [2.24, 2.45) is 0 Å². The van der Waals surface area contributed by atoms with Crippen molar-refractivity contribution < 1.29 is 13.9 Å². The molecule has 0 fully saturated rings. The molecule has 0 atom stereocenters. The highest BCUT2D eigenvalue weighted by atomic mass is 19.1. The van der Waals surface area contributed by atoms with Gasteiger partial charge in [-0.05, 0) is 25.1 Å². The highest BCUT2D eigenvalue weighted by Crippen LogP contribution is 2.15. The predicted octanol–water partition coefficient (Wildman–Crippen LogP) is 2.55. The number of carbonyl (C=O) groups excluding carboxylic acids is 1. The molecule has 0 saturated heterocycles. The molecule has 0 bridgehead atoms. The van der Waals surface area contributed by atoms with Gasteiger partial charge in [0.1, 0.15) is 5.82 Å². The Morgan fingerprint density at radius 1 is 1.44 bits per heavy atom. The summed E-state index contributed by atoms with van der Waals surface area (Å²) in [4.78, 5) is 15.4. The second kappa shape index (κ2) is 4.26. The van der Waals surface area contributed by atoms with Gasteiger partial charge in [-0.1, -0.05) is 0 Å². The summed E-state index contributed by atoms with van der Waals surface area (Å²) in [6.07, 6.45) is 1.39. The summed E-state index contributed by atoms with van der Waals surface area (Å²) < 4.78 is 17.7. The number of halogens is 1. The summed E-state index contributed by atoms with van der Waals surface area (Å²) in [5.41, 5.74) is 0.897. The molecule has 16 heavy (non-hydrogen) atoms. The van der Waals surface area contributed by atoms with Crippen molar-refractivity contribution in [2.45, 2.75) is 6.92 Å². The van der Waals surface area contributed by atoms with Gasteiger partial charge in [-0.3, -0.25) is 4.98 Å². The van der Waals surface area contributed by atoms with Crippen molar-refractivity contribution in [1.29, 1.82) is 0 Å². The highest BCUT2D eigenvalue weighted by Gasteiger charge is 2.07. The Balaban J connectivity index is 2.44. The fraction of sp³-hybridized carbons (Fsp3) is 0.167. The van der Waals surface area contributed by atoms with Crippen LogP contribution < -0.4 is 0 Å². The van der Waals surface area contributed by atoms with E-state index in [1.807, 2.05) is 0 Å². The van der Waals surface area contributed by atoms with Gasteiger partial charge in [-0.2, -0.15) is 0 Å². The van der Waals surface area contributed by atoms with E-state index in [9.17, 15) is 9.18 Å². The highest BCUT2D eigenvalue weighted by molar-refractivity contribution is 5.93. The van der Waals surface area contributed by atoms with E-state index in [1.54, 1.807) is 19.1 Å². The molecule has 0 amide bonds. The van der Waals surface area contributed by atoms with Crippen molar-refractivity contribution in [3.63, 3.8) is 0 Å². The van der Waals surface area contributed by atoms with E-state index in [-0.39, 0.29) is 5.82 Å². The number of ether oxygens (including phenoxy) is 1. The van der Waals surface area contributed by atoms with Crippen molar-refractivity contribution >= 4 is 16.9 Å². The van der Waals surface area contributed by atoms with E-state index in [0.717, 1.165) is 0 Å². The molecule has 0 aliphatic carbocycles. The zero-order valence-corrected chi connectivity index (χ0v) is 8.74. The predicted molar refractivity (Wildman–Crippen MR) is 57.7 cm³/mol. The molecule has 0 saturated carbocycles. The summed E-state index contributed by atoms with van der Waals surface area (Å²) >= 11 is 0. The van der Waals surface area contributed by atoms with Gasteiger partial charge in [-0.25, -0.2) is 9.18 Å². The van der Waals surface area contributed by atoms with Crippen molar-refractivity contribution in [1.82, 2.24) is 4.98 Å². The largest absolute Gasteiger partial charge is 0.462 e. The number of benzene rings is 1. The Kier molecular flexibility index (Phi) is 2.81. The lowest BCUT2D eigenvalue weighted by Gasteiger charge is -2.02. The van der Waals surface area contributed by atoms with Crippen molar-refractivity contribution in [3.8, 4) is 0 Å². The van der Waals surface area contributed by atoms with Gasteiger partial charge in [0.05, 0.1) is 17.7 Å². The van der Waals surface area contributed by atoms with Crippen LogP contribution >= 0.6 is 0 Å². The second-order valence-electron chi connectivity index (χ2n) is 3.28. The minimum Gasteiger partial charge on any atom is -0.462 e. The first-order valence-electron chi connectivity index (χ1n) is 4.93. The lowest BCUT2D eigenvalue weighted by Crippen LogP contribution is -2.04. The number of hydrogen-bond acceptors (Lipinski definition) is 3. The summed E-state index contributed by atoms with van der Waals surface area (Å²) in [7, 11) is 0. The number of esters is 1. The third kappa shape index (κ3) is 2.00. The topological polar surface area (TPSA) is 39.2 Å². The molecule has 0 aliphatic rings. The number of carbonyl (C=O) groups is 1. The van der Waals surface area contributed by atoms with Gasteiger partial charge in [0, 0.05) is 17.6 Å². The molecular weight excluding hydrogens is 209 g/mol. The van der Waals surface area contributed by atoms with Gasteiger partial charge in [0.2, 0.25) is 0 Å². The number of rotatable bonds is 2. The smallest absolute Gasteiger partial charge is 0.339 e. The Morgan fingerprint density at radius 2 is 2.25 bits per heavy atom. The molecule has 82 valence electrons. The molecule has 0 N–H and O–H groups in total. The monoisotopic (exact) mass is 219 g/mol. The number of fused-ring (bicyclic) bond motifs is 1. The molecule has 1 aromatic carbocycles. The van der Waals surface area contributed by atoms with Gasteiger partial charge in [0.25, 0.3) is 0 Å². The molecule has 0 spiro atoms. The maximum Gasteiger partial charge on any atom is 0.339 e. The molecule has 0 unspecified atom stereocenters. The molecule has 1 aromatic heterocycles. The van der Waals surface area contributed by atoms with E-state index < -0.39 is 5.97 Å². The molecule has 3 nitrogen and oxygen atoms in total. The van der Waals surface area contributed by atoms with Crippen LogP contribution in [0.5, 0.6) is 0 Å². The quantitative estimate of drug-likeness (QED) is 0.728. The molecular formula is C12H10FNO2. The maximum absolute atomic E-state index is 12.9. The third-order valence-corrected chi connectivity index (χ3v) is 2.16. The molecule has 2 rings (SSSR count). The zero-order valence-electron chi connectivity index (χ0n) is 8.74. The third-order valence-electron chi connectivity index (χ3n) is 2.16. The zero-order chi connectivity index (χ0) is 11.5. The fourth-order valence-corrected chi connectivity index (χ4v) is 1.42. The lowest BCUT2D eigenvalue weighted by atomic mass is 10.1. The van der Waals surface area contributed by atoms with Crippen LogP contribution in [0.2, 0.25) is 0 Å².